The SMILES string of the molecule is O=C1c2cccc3cccc(c23)N1CN1CCC(c2nc3ccccc3o2)CC1. The van der Waals surface area contributed by atoms with E-state index in [-0.39, 0.29) is 5.91 Å². The molecule has 0 bridgehead atoms. The molecule has 1 amide bonds. The van der Waals surface area contributed by atoms with E-state index in [1.165, 1.54) is 0 Å². The molecule has 5 heteroatoms. The summed E-state index contributed by atoms with van der Waals surface area (Å²) in [7, 11) is 0. The van der Waals surface area contributed by atoms with E-state index in [1.807, 2.05) is 47.4 Å². The van der Waals surface area contributed by atoms with E-state index in [4.69, 9.17) is 4.42 Å². The molecule has 0 unspecified atom stereocenters. The van der Waals surface area contributed by atoms with Gasteiger partial charge in [-0.15, -0.1) is 0 Å². The van der Waals surface area contributed by atoms with Gasteiger partial charge in [0.25, 0.3) is 5.91 Å². The minimum Gasteiger partial charge on any atom is -0.440 e. The summed E-state index contributed by atoms with van der Waals surface area (Å²) in [6.07, 6.45) is 1.98. The van der Waals surface area contributed by atoms with Crippen molar-refractivity contribution in [3.63, 3.8) is 0 Å². The molecule has 2 aliphatic heterocycles. The number of anilines is 1. The van der Waals surface area contributed by atoms with Gasteiger partial charge in [0, 0.05) is 30.0 Å². The summed E-state index contributed by atoms with van der Waals surface area (Å²) in [5.41, 5.74) is 3.64. The molecule has 0 aliphatic carbocycles. The summed E-state index contributed by atoms with van der Waals surface area (Å²) in [5.74, 6) is 1.30. The summed E-state index contributed by atoms with van der Waals surface area (Å²) in [5, 5.41) is 2.21. The van der Waals surface area contributed by atoms with Crippen LogP contribution < -0.4 is 4.90 Å². The van der Waals surface area contributed by atoms with Crippen molar-refractivity contribution < 1.29 is 9.21 Å². The molecule has 1 aromatic heterocycles. The number of para-hydroxylation sites is 2. The van der Waals surface area contributed by atoms with Crippen LogP contribution in [-0.4, -0.2) is 35.5 Å². The molecule has 1 fully saturated rings. The van der Waals surface area contributed by atoms with Crippen LogP contribution in [0.25, 0.3) is 21.9 Å². The lowest BCUT2D eigenvalue weighted by Crippen LogP contribution is -2.43. The lowest BCUT2D eigenvalue weighted by Gasteiger charge is -2.33. The van der Waals surface area contributed by atoms with E-state index in [0.717, 1.165) is 64.9 Å². The molecule has 4 aromatic rings. The van der Waals surface area contributed by atoms with Gasteiger partial charge in [0.15, 0.2) is 11.5 Å². The predicted octanol–water partition coefficient (Wildman–Crippen LogP) is 4.78. The molecule has 29 heavy (non-hydrogen) atoms. The fraction of sp³-hybridized carbons (Fsp3) is 0.250. The first kappa shape index (κ1) is 16.7. The predicted molar refractivity (Wildman–Crippen MR) is 113 cm³/mol. The summed E-state index contributed by atoms with van der Waals surface area (Å²) in [4.78, 5) is 22.0. The Morgan fingerprint density at radius 1 is 0.966 bits per heavy atom. The topological polar surface area (TPSA) is 49.6 Å². The Balaban J connectivity index is 1.19. The number of piperidine rings is 1. The molecule has 0 N–H and O–H groups in total. The van der Waals surface area contributed by atoms with Gasteiger partial charge in [-0.05, 0) is 42.5 Å². The largest absolute Gasteiger partial charge is 0.440 e. The van der Waals surface area contributed by atoms with Crippen molar-refractivity contribution in [1.82, 2.24) is 9.88 Å². The standard InChI is InChI=1S/C24H21N3O2/c28-24-18-7-3-5-16-6-4-9-20(22(16)18)27(24)15-26-13-11-17(12-14-26)23-25-19-8-1-2-10-21(19)29-23/h1-10,17H,11-15H2. The van der Waals surface area contributed by atoms with Crippen LogP contribution in [0.15, 0.2) is 65.1 Å². The number of oxazole rings is 1. The van der Waals surface area contributed by atoms with Crippen LogP contribution in [0.5, 0.6) is 0 Å². The average Bonchev–Trinajstić information content (AvgIpc) is 3.31. The van der Waals surface area contributed by atoms with Gasteiger partial charge in [-0.2, -0.15) is 0 Å². The number of carbonyl (C=O) groups excluding carboxylic acids is 1. The molecule has 1 saturated heterocycles. The van der Waals surface area contributed by atoms with Gasteiger partial charge >= 0.3 is 0 Å². The number of fused-ring (bicyclic) bond motifs is 1. The lowest BCUT2D eigenvalue weighted by atomic mass is 9.97. The molecule has 3 heterocycles. The molecule has 144 valence electrons. The van der Waals surface area contributed by atoms with Gasteiger partial charge in [0.1, 0.15) is 5.52 Å². The minimum absolute atomic E-state index is 0.109. The van der Waals surface area contributed by atoms with Crippen LogP contribution in [0.3, 0.4) is 0 Å². The summed E-state index contributed by atoms with van der Waals surface area (Å²) >= 11 is 0. The monoisotopic (exact) mass is 383 g/mol. The van der Waals surface area contributed by atoms with E-state index in [9.17, 15) is 4.79 Å². The van der Waals surface area contributed by atoms with Crippen LogP contribution in [0, 0.1) is 0 Å². The van der Waals surface area contributed by atoms with Crippen LogP contribution >= 0.6 is 0 Å². The van der Waals surface area contributed by atoms with Crippen LogP contribution in [0.2, 0.25) is 0 Å². The van der Waals surface area contributed by atoms with Crippen molar-refractivity contribution >= 4 is 33.5 Å². The molecular weight excluding hydrogens is 362 g/mol. The second kappa shape index (κ2) is 6.42. The number of aromatic nitrogens is 1. The first-order valence-corrected chi connectivity index (χ1v) is 10.2. The zero-order valence-corrected chi connectivity index (χ0v) is 16.0. The Hall–Kier alpha value is -3.18. The highest BCUT2D eigenvalue weighted by atomic mass is 16.3. The number of benzene rings is 3. The van der Waals surface area contributed by atoms with Gasteiger partial charge in [-0.25, -0.2) is 4.98 Å². The van der Waals surface area contributed by atoms with E-state index in [2.05, 4.69) is 28.1 Å². The number of nitrogens with zero attached hydrogens (tertiary/aromatic N) is 3. The molecule has 0 spiro atoms. The normalized spacial score (nSPS) is 17.7. The molecule has 5 nitrogen and oxygen atoms in total. The molecule has 0 atom stereocenters. The third kappa shape index (κ3) is 2.65. The van der Waals surface area contributed by atoms with E-state index in [0.29, 0.717) is 12.6 Å². The van der Waals surface area contributed by atoms with Crippen molar-refractivity contribution in [2.24, 2.45) is 0 Å². The highest BCUT2D eigenvalue weighted by molar-refractivity contribution is 6.24. The smallest absolute Gasteiger partial charge is 0.260 e. The minimum atomic E-state index is 0.109. The van der Waals surface area contributed by atoms with Crippen molar-refractivity contribution in [3.05, 3.63) is 72.1 Å². The molecule has 2 aliphatic rings. The van der Waals surface area contributed by atoms with E-state index < -0.39 is 0 Å². The zero-order chi connectivity index (χ0) is 19.4. The van der Waals surface area contributed by atoms with Gasteiger partial charge in [-0.3, -0.25) is 14.6 Å². The molecule has 6 rings (SSSR count). The number of amides is 1. The summed E-state index contributed by atoms with van der Waals surface area (Å²) < 4.78 is 5.98. The summed E-state index contributed by atoms with van der Waals surface area (Å²) in [6.45, 7) is 2.49. The van der Waals surface area contributed by atoms with Crippen molar-refractivity contribution in [2.75, 3.05) is 24.7 Å². The average molecular weight is 383 g/mol. The number of likely N-dealkylation sites (tertiary alicyclic amines) is 1. The second-order valence-electron chi connectivity index (χ2n) is 7.97. The van der Waals surface area contributed by atoms with Gasteiger partial charge in [0.05, 0.1) is 12.4 Å². The Labute approximate surface area is 168 Å². The van der Waals surface area contributed by atoms with Gasteiger partial charge in [-0.1, -0.05) is 36.4 Å². The van der Waals surface area contributed by atoms with Crippen LogP contribution in [-0.2, 0) is 0 Å². The van der Waals surface area contributed by atoms with Crippen molar-refractivity contribution in [3.8, 4) is 0 Å². The third-order valence-corrected chi connectivity index (χ3v) is 6.24. The number of hydrogen-bond acceptors (Lipinski definition) is 4. The Kier molecular flexibility index (Phi) is 3.71. The first-order chi connectivity index (χ1) is 14.3. The zero-order valence-electron chi connectivity index (χ0n) is 16.0. The highest BCUT2D eigenvalue weighted by Crippen LogP contribution is 2.38. The maximum atomic E-state index is 13.0. The van der Waals surface area contributed by atoms with Crippen molar-refractivity contribution in [2.45, 2.75) is 18.8 Å². The number of rotatable bonds is 3. The lowest BCUT2D eigenvalue weighted by molar-refractivity contribution is 0.0965. The van der Waals surface area contributed by atoms with Crippen LogP contribution in [0.4, 0.5) is 5.69 Å². The number of carbonyl (C=O) groups is 1. The highest BCUT2D eigenvalue weighted by Gasteiger charge is 2.32. The van der Waals surface area contributed by atoms with E-state index in [1.54, 1.807) is 0 Å². The second-order valence-corrected chi connectivity index (χ2v) is 7.97. The molecule has 3 aromatic carbocycles. The Morgan fingerprint density at radius 2 is 1.76 bits per heavy atom. The molecule has 0 radical (unpaired) electrons. The first-order valence-electron chi connectivity index (χ1n) is 10.2. The van der Waals surface area contributed by atoms with Crippen molar-refractivity contribution in [1.29, 1.82) is 0 Å². The third-order valence-electron chi connectivity index (χ3n) is 6.24. The fourth-order valence-corrected chi connectivity index (χ4v) is 4.71. The Morgan fingerprint density at radius 3 is 2.59 bits per heavy atom. The van der Waals surface area contributed by atoms with E-state index >= 15 is 0 Å². The Bertz CT molecular complexity index is 1200. The molecule has 0 saturated carbocycles. The maximum Gasteiger partial charge on any atom is 0.260 e. The number of hydrogen-bond donors (Lipinski definition) is 0. The van der Waals surface area contributed by atoms with Gasteiger partial charge < -0.3 is 4.42 Å². The maximum absolute atomic E-state index is 13.0. The quantitative estimate of drug-likeness (QED) is 0.511. The van der Waals surface area contributed by atoms with Gasteiger partial charge in [0.2, 0.25) is 0 Å². The summed E-state index contributed by atoms with van der Waals surface area (Å²) in [6, 6.07) is 20.1. The van der Waals surface area contributed by atoms with Crippen LogP contribution in [0.1, 0.15) is 35.0 Å². The fourth-order valence-electron chi connectivity index (χ4n) is 4.71. The molecular formula is C24H21N3O2.